The molecule has 2 amide bonds. The van der Waals surface area contributed by atoms with Crippen LogP contribution in [0.2, 0.25) is 0 Å². The van der Waals surface area contributed by atoms with Gasteiger partial charge in [0, 0.05) is 31.9 Å². The number of rotatable bonds is 1. The zero-order valence-electron chi connectivity index (χ0n) is 17.4. The van der Waals surface area contributed by atoms with Crippen LogP contribution < -0.4 is 10.1 Å². The van der Waals surface area contributed by atoms with E-state index < -0.39 is 0 Å². The van der Waals surface area contributed by atoms with E-state index in [1.807, 2.05) is 84.6 Å². The number of hydrogen-bond acceptors (Lipinski definition) is 4. The summed E-state index contributed by atoms with van der Waals surface area (Å²) in [7, 11) is 0. The van der Waals surface area contributed by atoms with Crippen LogP contribution in [0.15, 0.2) is 77.8 Å². The summed E-state index contributed by atoms with van der Waals surface area (Å²) in [5, 5.41) is 2.99. The topological polar surface area (TPSA) is 57.2 Å². The van der Waals surface area contributed by atoms with Crippen molar-refractivity contribution < 1.29 is 9.53 Å². The molecule has 0 bridgehead atoms. The Morgan fingerprint density at radius 3 is 2.32 bits per heavy atom. The molecule has 3 aromatic carbocycles. The van der Waals surface area contributed by atoms with Gasteiger partial charge in [-0.3, -0.25) is 0 Å². The molecule has 2 aliphatic rings. The molecule has 156 valence electrons. The highest BCUT2D eigenvalue weighted by Crippen LogP contribution is 2.37. The number of nitrogens with zero attached hydrogens (tertiary/aromatic N) is 3. The highest BCUT2D eigenvalue weighted by atomic mass is 16.5. The van der Waals surface area contributed by atoms with Gasteiger partial charge in [0.1, 0.15) is 17.3 Å². The fraction of sp³-hybridized carbons (Fsp3) is 0.200. The predicted molar refractivity (Wildman–Crippen MR) is 122 cm³/mol. The third kappa shape index (κ3) is 3.97. The molecule has 0 atom stereocenters. The molecule has 0 aliphatic carbocycles. The summed E-state index contributed by atoms with van der Waals surface area (Å²) in [6, 6.07) is 23.6. The SMILES string of the molecule is Cc1ccc(NC(=O)N2CCN(C3=Nc4ccccc4Oc4ccccc43)CC2)cc1. The lowest BCUT2D eigenvalue weighted by molar-refractivity contribution is 0.181. The summed E-state index contributed by atoms with van der Waals surface area (Å²) in [6.07, 6.45) is 0. The Morgan fingerprint density at radius 2 is 1.55 bits per heavy atom. The Kier molecular flexibility index (Phi) is 5.04. The number of aliphatic imine (C=N–C) groups is 1. The van der Waals surface area contributed by atoms with Crippen LogP contribution in [0, 0.1) is 6.92 Å². The summed E-state index contributed by atoms with van der Waals surface area (Å²) in [6.45, 7) is 4.69. The number of fused-ring (bicyclic) bond motifs is 2. The van der Waals surface area contributed by atoms with Crippen molar-refractivity contribution in [1.29, 1.82) is 0 Å². The van der Waals surface area contributed by atoms with E-state index in [1.54, 1.807) is 0 Å². The van der Waals surface area contributed by atoms with Crippen LogP contribution in [0.1, 0.15) is 11.1 Å². The standard InChI is InChI=1S/C25H24N4O2/c1-18-10-12-19(13-11-18)26-25(30)29-16-14-28(15-17-29)24-20-6-2-4-8-22(20)31-23-9-5-3-7-21(23)27-24/h2-13H,14-17H2,1H3,(H,26,30). The van der Waals surface area contributed by atoms with E-state index in [-0.39, 0.29) is 6.03 Å². The van der Waals surface area contributed by atoms with Crippen molar-refractivity contribution in [1.82, 2.24) is 9.80 Å². The highest BCUT2D eigenvalue weighted by molar-refractivity contribution is 6.04. The molecule has 6 heteroatoms. The van der Waals surface area contributed by atoms with Gasteiger partial charge in [-0.2, -0.15) is 0 Å². The maximum atomic E-state index is 12.7. The number of ether oxygens (including phenoxy) is 1. The minimum absolute atomic E-state index is 0.0691. The summed E-state index contributed by atoms with van der Waals surface area (Å²) < 4.78 is 6.14. The first-order chi connectivity index (χ1) is 15.2. The second-order valence-corrected chi connectivity index (χ2v) is 7.77. The average Bonchev–Trinajstić information content (AvgIpc) is 2.97. The number of para-hydroxylation sites is 3. The van der Waals surface area contributed by atoms with Gasteiger partial charge in [-0.05, 0) is 43.3 Å². The van der Waals surface area contributed by atoms with E-state index in [0.29, 0.717) is 26.2 Å². The van der Waals surface area contributed by atoms with Gasteiger partial charge in [0.15, 0.2) is 5.75 Å². The monoisotopic (exact) mass is 412 g/mol. The number of amidine groups is 1. The summed E-state index contributed by atoms with van der Waals surface area (Å²) >= 11 is 0. The summed E-state index contributed by atoms with van der Waals surface area (Å²) in [5.41, 5.74) is 3.76. The van der Waals surface area contributed by atoms with Crippen molar-refractivity contribution in [2.45, 2.75) is 6.92 Å². The fourth-order valence-corrected chi connectivity index (χ4v) is 3.87. The Bertz CT molecular complexity index is 1130. The first-order valence-corrected chi connectivity index (χ1v) is 10.5. The highest BCUT2D eigenvalue weighted by Gasteiger charge is 2.27. The zero-order valence-corrected chi connectivity index (χ0v) is 17.4. The van der Waals surface area contributed by atoms with Crippen molar-refractivity contribution in [2.24, 2.45) is 4.99 Å². The number of nitrogens with one attached hydrogen (secondary N) is 1. The number of hydrogen-bond donors (Lipinski definition) is 1. The third-order valence-electron chi connectivity index (χ3n) is 5.61. The van der Waals surface area contributed by atoms with E-state index in [0.717, 1.165) is 34.3 Å². The van der Waals surface area contributed by atoms with Crippen LogP contribution in [0.4, 0.5) is 16.2 Å². The van der Waals surface area contributed by atoms with Gasteiger partial charge in [0.25, 0.3) is 0 Å². The minimum Gasteiger partial charge on any atom is -0.454 e. The second-order valence-electron chi connectivity index (χ2n) is 7.77. The van der Waals surface area contributed by atoms with Crippen LogP contribution in [0.25, 0.3) is 0 Å². The molecule has 1 saturated heterocycles. The molecule has 0 unspecified atom stereocenters. The van der Waals surface area contributed by atoms with Gasteiger partial charge >= 0.3 is 6.03 Å². The molecule has 2 aliphatic heterocycles. The molecule has 3 aromatic rings. The zero-order chi connectivity index (χ0) is 21.2. The number of aryl methyl sites for hydroxylation is 1. The van der Waals surface area contributed by atoms with Gasteiger partial charge < -0.3 is 19.9 Å². The molecule has 0 radical (unpaired) electrons. The average molecular weight is 412 g/mol. The first-order valence-electron chi connectivity index (χ1n) is 10.5. The van der Waals surface area contributed by atoms with Crippen LogP contribution >= 0.6 is 0 Å². The third-order valence-corrected chi connectivity index (χ3v) is 5.61. The number of urea groups is 1. The molecule has 5 rings (SSSR count). The van der Waals surface area contributed by atoms with E-state index in [2.05, 4.69) is 10.2 Å². The normalized spacial score (nSPS) is 15.2. The van der Waals surface area contributed by atoms with Crippen molar-refractivity contribution >= 4 is 23.2 Å². The number of piperazine rings is 1. The Morgan fingerprint density at radius 1 is 0.871 bits per heavy atom. The maximum Gasteiger partial charge on any atom is 0.321 e. The van der Waals surface area contributed by atoms with Crippen LogP contribution in [-0.2, 0) is 0 Å². The minimum atomic E-state index is -0.0691. The van der Waals surface area contributed by atoms with Crippen LogP contribution in [-0.4, -0.2) is 47.8 Å². The van der Waals surface area contributed by atoms with Crippen LogP contribution in [0.3, 0.4) is 0 Å². The van der Waals surface area contributed by atoms with Crippen molar-refractivity contribution in [3.05, 3.63) is 83.9 Å². The van der Waals surface area contributed by atoms with Crippen LogP contribution in [0.5, 0.6) is 11.5 Å². The number of benzene rings is 3. The number of carbonyl (C=O) groups is 1. The van der Waals surface area contributed by atoms with Crippen molar-refractivity contribution in [2.75, 3.05) is 31.5 Å². The van der Waals surface area contributed by atoms with E-state index in [4.69, 9.17) is 9.73 Å². The number of amides is 2. The van der Waals surface area contributed by atoms with Gasteiger partial charge in [0.2, 0.25) is 0 Å². The molecule has 0 spiro atoms. The Hall–Kier alpha value is -3.80. The maximum absolute atomic E-state index is 12.7. The second kappa shape index (κ2) is 8.14. The number of carbonyl (C=O) groups excluding carboxylic acids is 1. The van der Waals surface area contributed by atoms with E-state index >= 15 is 0 Å². The van der Waals surface area contributed by atoms with Crippen molar-refractivity contribution in [3.63, 3.8) is 0 Å². The molecular weight excluding hydrogens is 388 g/mol. The molecule has 6 nitrogen and oxygen atoms in total. The van der Waals surface area contributed by atoms with Gasteiger partial charge in [-0.25, -0.2) is 9.79 Å². The molecule has 2 heterocycles. The van der Waals surface area contributed by atoms with Crippen molar-refractivity contribution in [3.8, 4) is 11.5 Å². The summed E-state index contributed by atoms with van der Waals surface area (Å²) in [5.74, 6) is 2.44. The lowest BCUT2D eigenvalue weighted by Gasteiger charge is -2.36. The predicted octanol–water partition coefficient (Wildman–Crippen LogP) is 5.03. The first kappa shape index (κ1) is 19.2. The largest absolute Gasteiger partial charge is 0.454 e. The molecule has 31 heavy (non-hydrogen) atoms. The molecule has 1 N–H and O–H groups in total. The molecule has 1 fully saturated rings. The fourth-order valence-electron chi connectivity index (χ4n) is 3.87. The Balaban J connectivity index is 1.33. The lowest BCUT2D eigenvalue weighted by Crippen LogP contribution is -2.51. The smallest absolute Gasteiger partial charge is 0.321 e. The summed E-state index contributed by atoms with van der Waals surface area (Å²) in [4.78, 5) is 21.7. The number of anilines is 1. The Labute approximate surface area is 181 Å². The lowest BCUT2D eigenvalue weighted by atomic mass is 10.1. The molecular formula is C25H24N4O2. The molecule has 0 aromatic heterocycles. The van der Waals surface area contributed by atoms with E-state index in [9.17, 15) is 4.79 Å². The van der Waals surface area contributed by atoms with Gasteiger partial charge in [-0.15, -0.1) is 0 Å². The van der Waals surface area contributed by atoms with Gasteiger partial charge in [0.05, 0.1) is 5.56 Å². The van der Waals surface area contributed by atoms with Gasteiger partial charge in [-0.1, -0.05) is 42.0 Å². The van der Waals surface area contributed by atoms with E-state index in [1.165, 1.54) is 5.56 Å². The molecule has 0 saturated carbocycles. The quantitative estimate of drug-likeness (QED) is 0.610.